The Morgan fingerprint density at radius 1 is 1.29 bits per heavy atom. The van der Waals surface area contributed by atoms with Gasteiger partial charge < -0.3 is 19.1 Å². The van der Waals surface area contributed by atoms with E-state index in [1.807, 2.05) is 0 Å². The summed E-state index contributed by atoms with van der Waals surface area (Å²) in [7, 11) is 1.54. The van der Waals surface area contributed by atoms with E-state index in [0.29, 0.717) is 17.1 Å². The number of hydrogen-bond acceptors (Lipinski definition) is 6. The Morgan fingerprint density at radius 2 is 2.05 bits per heavy atom. The molecule has 0 amide bonds. The SMILES string of the molecule is COc1ccc(/C(=N/O)OC(=O)/C=C/c2ccco2)cc1. The highest BCUT2D eigenvalue weighted by molar-refractivity contribution is 6.03. The average Bonchev–Trinajstić information content (AvgIpc) is 3.04. The molecule has 1 heterocycles. The van der Waals surface area contributed by atoms with Gasteiger partial charge in [0.15, 0.2) is 0 Å². The molecule has 0 fully saturated rings. The van der Waals surface area contributed by atoms with Crippen LogP contribution < -0.4 is 4.74 Å². The summed E-state index contributed by atoms with van der Waals surface area (Å²) < 4.78 is 15.0. The van der Waals surface area contributed by atoms with Crippen molar-refractivity contribution >= 4 is 17.9 Å². The number of oxime groups is 1. The van der Waals surface area contributed by atoms with E-state index in [2.05, 4.69) is 5.16 Å². The number of ether oxygens (including phenoxy) is 2. The third-order valence-corrected chi connectivity index (χ3v) is 2.55. The first-order valence-corrected chi connectivity index (χ1v) is 6.03. The maximum Gasteiger partial charge on any atom is 0.337 e. The maximum absolute atomic E-state index is 11.6. The quantitative estimate of drug-likeness (QED) is 0.233. The van der Waals surface area contributed by atoms with Crippen molar-refractivity contribution < 1.29 is 23.9 Å². The van der Waals surface area contributed by atoms with Gasteiger partial charge in [-0.1, -0.05) is 0 Å². The number of hydrogen-bond donors (Lipinski definition) is 1. The third kappa shape index (κ3) is 3.97. The molecule has 2 aromatic rings. The Hall–Kier alpha value is -3.02. The summed E-state index contributed by atoms with van der Waals surface area (Å²) in [5.41, 5.74) is 0.443. The molecule has 2 rings (SSSR count). The molecular formula is C15H13NO5. The Balaban J connectivity index is 2.03. The zero-order chi connectivity index (χ0) is 15.1. The third-order valence-electron chi connectivity index (χ3n) is 2.55. The Kier molecular flexibility index (Phi) is 4.76. The number of methoxy groups -OCH3 is 1. The van der Waals surface area contributed by atoms with E-state index in [1.165, 1.54) is 25.5 Å². The molecule has 0 aliphatic carbocycles. The van der Waals surface area contributed by atoms with Gasteiger partial charge >= 0.3 is 5.97 Å². The summed E-state index contributed by atoms with van der Waals surface area (Å²) in [5, 5.41) is 11.9. The van der Waals surface area contributed by atoms with Crippen molar-refractivity contribution in [3.63, 3.8) is 0 Å². The fourth-order valence-corrected chi connectivity index (χ4v) is 1.54. The van der Waals surface area contributed by atoms with Gasteiger partial charge in [0.1, 0.15) is 11.5 Å². The Bertz CT molecular complexity index is 641. The van der Waals surface area contributed by atoms with Crippen molar-refractivity contribution in [2.24, 2.45) is 5.16 Å². The van der Waals surface area contributed by atoms with Crippen LogP contribution >= 0.6 is 0 Å². The van der Waals surface area contributed by atoms with Crippen LogP contribution in [0.5, 0.6) is 5.75 Å². The van der Waals surface area contributed by atoms with Crippen LogP contribution in [0.2, 0.25) is 0 Å². The van der Waals surface area contributed by atoms with E-state index >= 15 is 0 Å². The van der Waals surface area contributed by atoms with Crippen molar-refractivity contribution in [3.05, 3.63) is 60.1 Å². The largest absolute Gasteiger partial charge is 0.497 e. The molecule has 21 heavy (non-hydrogen) atoms. The molecule has 0 aliphatic heterocycles. The average molecular weight is 287 g/mol. The second-order valence-corrected chi connectivity index (χ2v) is 3.90. The molecule has 1 N–H and O–H groups in total. The van der Waals surface area contributed by atoms with E-state index in [1.54, 1.807) is 36.4 Å². The highest BCUT2D eigenvalue weighted by atomic mass is 16.6. The minimum Gasteiger partial charge on any atom is -0.497 e. The van der Waals surface area contributed by atoms with Gasteiger partial charge in [0, 0.05) is 11.6 Å². The summed E-state index contributed by atoms with van der Waals surface area (Å²) in [6, 6.07) is 9.92. The predicted molar refractivity (Wildman–Crippen MR) is 75.2 cm³/mol. The van der Waals surface area contributed by atoms with Crippen LogP contribution in [0.15, 0.2) is 58.3 Å². The number of furan rings is 1. The number of benzene rings is 1. The molecule has 0 saturated heterocycles. The molecule has 108 valence electrons. The molecule has 0 saturated carbocycles. The molecule has 0 bridgehead atoms. The highest BCUT2D eigenvalue weighted by Crippen LogP contribution is 2.13. The molecule has 0 atom stereocenters. The normalized spacial score (nSPS) is 11.6. The second-order valence-electron chi connectivity index (χ2n) is 3.90. The molecule has 6 nitrogen and oxygen atoms in total. The van der Waals surface area contributed by atoms with Crippen molar-refractivity contribution in [1.29, 1.82) is 0 Å². The lowest BCUT2D eigenvalue weighted by Gasteiger charge is -2.05. The van der Waals surface area contributed by atoms with E-state index in [9.17, 15) is 4.79 Å². The van der Waals surface area contributed by atoms with Gasteiger partial charge in [0.2, 0.25) is 0 Å². The number of nitrogens with zero attached hydrogens (tertiary/aromatic N) is 1. The molecular weight excluding hydrogens is 274 g/mol. The van der Waals surface area contributed by atoms with Crippen LogP contribution in [0.25, 0.3) is 6.08 Å². The monoisotopic (exact) mass is 287 g/mol. The molecule has 6 heteroatoms. The topological polar surface area (TPSA) is 81.3 Å². The van der Waals surface area contributed by atoms with Gasteiger partial charge in [-0.05, 0) is 47.6 Å². The lowest BCUT2D eigenvalue weighted by atomic mass is 10.2. The van der Waals surface area contributed by atoms with E-state index < -0.39 is 5.97 Å². The van der Waals surface area contributed by atoms with Crippen LogP contribution in [0, 0.1) is 0 Å². The van der Waals surface area contributed by atoms with Gasteiger partial charge in [-0.15, -0.1) is 0 Å². The minimum atomic E-state index is -0.685. The Labute approximate surface area is 120 Å². The van der Waals surface area contributed by atoms with Gasteiger partial charge in [-0.2, -0.15) is 0 Å². The lowest BCUT2D eigenvalue weighted by molar-refractivity contribution is -0.130. The summed E-state index contributed by atoms with van der Waals surface area (Å²) in [6.45, 7) is 0. The van der Waals surface area contributed by atoms with Crippen molar-refractivity contribution in [3.8, 4) is 5.75 Å². The van der Waals surface area contributed by atoms with E-state index in [0.717, 1.165) is 0 Å². The van der Waals surface area contributed by atoms with Crippen molar-refractivity contribution in [2.75, 3.05) is 7.11 Å². The smallest absolute Gasteiger partial charge is 0.337 e. The first kappa shape index (κ1) is 14.4. The number of esters is 1. The van der Waals surface area contributed by atoms with Crippen molar-refractivity contribution in [1.82, 2.24) is 0 Å². The summed E-state index contributed by atoms with van der Waals surface area (Å²) >= 11 is 0. The second kappa shape index (κ2) is 6.95. The standard InChI is InChI=1S/C15H13NO5/c1-19-12-6-4-11(5-7-12)15(16-18)21-14(17)9-8-13-3-2-10-20-13/h2-10,18H,1H3/b9-8+,16-15-. The number of carbonyl (C=O) groups excluding carboxylic acids is 1. The zero-order valence-corrected chi connectivity index (χ0v) is 11.2. The van der Waals surface area contributed by atoms with Gasteiger partial charge in [0.05, 0.1) is 13.4 Å². The molecule has 0 aliphatic rings. The summed E-state index contributed by atoms with van der Waals surface area (Å²) in [6.07, 6.45) is 4.11. The first-order chi connectivity index (χ1) is 10.2. The van der Waals surface area contributed by atoms with Crippen LogP contribution in [0.4, 0.5) is 0 Å². The van der Waals surface area contributed by atoms with Crippen molar-refractivity contribution in [2.45, 2.75) is 0 Å². The van der Waals surface area contributed by atoms with E-state index in [-0.39, 0.29) is 5.90 Å². The van der Waals surface area contributed by atoms with Crippen LogP contribution in [0.3, 0.4) is 0 Å². The maximum atomic E-state index is 11.6. The summed E-state index contributed by atoms with van der Waals surface area (Å²) in [5.74, 6) is 0.265. The molecule has 0 unspecified atom stereocenters. The molecule has 0 spiro atoms. The van der Waals surface area contributed by atoms with Gasteiger partial charge in [-0.25, -0.2) is 4.79 Å². The van der Waals surface area contributed by atoms with Crippen LogP contribution in [-0.4, -0.2) is 24.2 Å². The van der Waals surface area contributed by atoms with Gasteiger partial charge in [0.25, 0.3) is 5.90 Å². The predicted octanol–water partition coefficient (Wildman–Crippen LogP) is 2.68. The highest BCUT2D eigenvalue weighted by Gasteiger charge is 2.10. The van der Waals surface area contributed by atoms with Crippen LogP contribution in [-0.2, 0) is 9.53 Å². The lowest BCUT2D eigenvalue weighted by Crippen LogP contribution is -2.11. The van der Waals surface area contributed by atoms with Gasteiger partial charge in [-0.3, -0.25) is 0 Å². The zero-order valence-electron chi connectivity index (χ0n) is 11.2. The summed E-state index contributed by atoms with van der Waals surface area (Å²) in [4.78, 5) is 11.6. The van der Waals surface area contributed by atoms with E-state index in [4.69, 9.17) is 19.1 Å². The number of rotatable bonds is 4. The minimum absolute atomic E-state index is 0.202. The fraction of sp³-hybridized carbons (Fsp3) is 0.0667. The number of carbonyl (C=O) groups is 1. The van der Waals surface area contributed by atoms with Crippen LogP contribution in [0.1, 0.15) is 11.3 Å². The first-order valence-electron chi connectivity index (χ1n) is 6.03. The Morgan fingerprint density at radius 3 is 2.62 bits per heavy atom. The molecule has 1 aromatic heterocycles. The molecule has 1 aromatic carbocycles. The molecule has 0 radical (unpaired) electrons. The fourth-order valence-electron chi connectivity index (χ4n) is 1.54.